The number of nitrogens with zero attached hydrogens (tertiary/aromatic N) is 1. The summed E-state index contributed by atoms with van der Waals surface area (Å²) in [6, 6.07) is 19.2. The van der Waals surface area contributed by atoms with Gasteiger partial charge in [0.25, 0.3) is 15.9 Å². The van der Waals surface area contributed by atoms with Crippen LogP contribution in [0.4, 0.5) is 5.69 Å². The van der Waals surface area contributed by atoms with E-state index in [1.807, 2.05) is 6.92 Å². The molecule has 0 radical (unpaired) electrons. The monoisotopic (exact) mass is 461 g/mol. The Morgan fingerprint density at radius 2 is 1.67 bits per heavy atom. The normalized spacial score (nSPS) is 11.5. The number of hydrazone groups is 1. The molecule has 0 aliphatic carbocycles. The minimum atomic E-state index is -3.74. The highest BCUT2D eigenvalue weighted by molar-refractivity contribution is 7.92. The summed E-state index contributed by atoms with van der Waals surface area (Å²) in [6.45, 7) is 1.87. The van der Waals surface area contributed by atoms with E-state index in [2.05, 4.69) is 15.2 Å². The molecule has 4 aromatic rings. The number of carbonyl (C=O) groups is 1. The number of amides is 1. The van der Waals surface area contributed by atoms with E-state index < -0.39 is 15.9 Å². The Kier molecular flexibility index (Phi) is 6.05. The fourth-order valence-corrected chi connectivity index (χ4v) is 4.09. The van der Waals surface area contributed by atoms with Crippen LogP contribution in [-0.2, 0) is 10.0 Å². The summed E-state index contributed by atoms with van der Waals surface area (Å²) in [6.07, 6.45) is 2.48. The minimum absolute atomic E-state index is 0.141. The molecule has 1 aromatic heterocycles. The van der Waals surface area contributed by atoms with Crippen molar-refractivity contribution in [2.75, 3.05) is 4.72 Å². The van der Waals surface area contributed by atoms with Crippen LogP contribution in [0.1, 0.15) is 21.5 Å². The number of para-hydroxylation sites is 1. The first-order valence-corrected chi connectivity index (χ1v) is 11.4. The zero-order valence-electron chi connectivity index (χ0n) is 17.5. The Morgan fingerprint density at radius 1 is 0.970 bits per heavy atom. The third-order valence-corrected chi connectivity index (χ3v) is 6.20. The number of benzene rings is 3. The molecule has 9 heteroatoms. The zero-order valence-corrected chi connectivity index (χ0v) is 18.3. The lowest BCUT2D eigenvalue weighted by Gasteiger charge is -2.09. The molecule has 0 saturated carbocycles. The third kappa shape index (κ3) is 4.99. The van der Waals surface area contributed by atoms with Crippen molar-refractivity contribution in [3.05, 3.63) is 106 Å². The van der Waals surface area contributed by atoms with Crippen molar-refractivity contribution in [3.63, 3.8) is 0 Å². The van der Waals surface area contributed by atoms with Crippen LogP contribution in [0, 0.1) is 6.92 Å². The highest BCUT2D eigenvalue weighted by Gasteiger charge is 2.14. The van der Waals surface area contributed by atoms with E-state index >= 15 is 0 Å². The van der Waals surface area contributed by atoms with Crippen molar-refractivity contribution in [1.29, 1.82) is 0 Å². The van der Waals surface area contributed by atoms with Gasteiger partial charge in [-0.3, -0.25) is 14.3 Å². The van der Waals surface area contributed by atoms with Crippen molar-refractivity contribution in [1.82, 2.24) is 5.43 Å². The molecule has 1 amide bonds. The number of fused-ring (bicyclic) bond motifs is 1. The Labute approximate surface area is 189 Å². The maximum Gasteiger partial charge on any atom is 0.271 e. The Hall–Kier alpha value is -4.24. The first kappa shape index (κ1) is 22.0. The van der Waals surface area contributed by atoms with Crippen molar-refractivity contribution >= 4 is 38.8 Å². The summed E-state index contributed by atoms with van der Waals surface area (Å²) >= 11 is 0. The minimum Gasteiger partial charge on any atom is -0.463 e. The summed E-state index contributed by atoms with van der Waals surface area (Å²) in [5, 5.41) is 4.23. The summed E-state index contributed by atoms with van der Waals surface area (Å²) in [5.41, 5.74) is 4.24. The Balaban J connectivity index is 1.42. The first-order chi connectivity index (χ1) is 15.8. The second kappa shape index (κ2) is 9.09. The highest BCUT2D eigenvalue weighted by Crippen LogP contribution is 2.17. The second-order valence-electron chi connectivity index (χ2n) is 7.21. The van der Waals surface area contributed by atoms with Gasteiger partial charge in [0.05, 0.1) is 22.1 Å². The number of nitrogens with one attached hydrogen (secondary N) is 2. The van der Waals surface area contributed by atoms with Gasteiger partial charge in [-0.05, 0) is 55.5 Å². The molecule has 0 fully saturated rings. The lowest BCUT2D eigenvalue weighted by molar-refractivity contribution is 0.0955. The van der Waals surface area contributed by atoms with Gasteiger partial charge in [0.1, 0.15) is 11.8 Å². The average Bonchev–Trinajstić information content (AvgIpc) is 2.81. The van der Waals surface area contributed by atoms with Gasteiger partial charge in [0.2, 0.25) is 5.43 Å². The van der Waals surface area contributed by atoms with E-state index in [0.717, 1.165) is 5.56 Å². The average molecular weight is 461 g/mol. The summed E-state index contributed by atoms with van der Waals surface area (Å²) in [5.74, 6) is -0.524. The molecule has 0 unspecified atom stereocenters. The fraction of sp³-hybridized carbons (Fsp3) is 0.0417. The van der Waals surface area contributed by atoms with Gasteiger partial charge in [-0.15, -0.1) is 0 Å². The number of aryl methyl sites for hydroxylation is 1. The number of carbonyl (C=O) groups excluding carboxylic acids is 1. The van der Waals surface area contributed by atoms with Crippen LogP contribution < -0.4 is 15.6 Å². The van der Waals surface area contributed by atoms with Crippen LogP contribution >= 0.6 is 0 Å². The van der Waals surface area contributed by atoms with E-state index in [4.69, 9.17) is 4.42 Å². The third-order valence-electron chi connectivity index (χ3n) is 4.81. The lowest BCUT2D eigenvalue weighted by Crippen LogP contribution is -2.19. The van der Waals surface area contributed by atoms with Crippen molar-refractivity contribution < 1.29 is 17.6 Å². The molecule has 1 heterocycles. The van der Waals surface area contributed by atoms with Crippen molar-refractivity contribution in [2.45, 2.75) is 11.8 Å². The van der Waals surface area contributed by atoms with Gasteiger partial charge >= 0.3 is 0 Å². The number of sulfonamides is 1. The molecule has 0 bridgehead atoms. The molecule has 2 N–H and O–H groups in total. The van der Waals surface area contributed by atoms with Gasteiger partial charge in [0.15, 0.2) is 0 Å². The van der Waals surface area contributed by atoms with Crippen LogP contribution in [0.15, 0.2) is 98.3 Å². The molecule has 8 nitrogen and oxygen atoms in total. The molecule has 3 aromatic carbocycles. The summed E-state index contributed by atoms with van der Waals surface area (Å²) in [7, 11) is -3.74. The lowest BCUT2D eigenvalue weighted by atomic mass is 10.2. The van der Waals surface area contributed by atoms with Gasteiger partial charge in [-0.25, -0.2) is 13.8 Å². The SMILES string of the molecule is Cc1ccc(S(=O)(=O)Nc2ccc(C(=O)N/N=C/c3coc4ccccc4c3=O)cc2)cc1. The van der Waals surface area contributed by atoms with Gasteiger partial charge in [-0.2, -0.15) is 5.10 Å². The van der Waals surface area contributed by atoms with E-state index in [1.165, 1.54) is 48.9 Å². The van der Waals surface area contributed by atoms with Crippen LogP contribution in [0.2, 0.25) is 0 Å². The Morgan fingerprint density at radius 3 is 2.39 bits per heavy atom. The predicted molar refractivity (Wildman–Crippen MR) is 126 cm³/mol. The summed E-state index contributed by atoms with van der Waals surface area (Å²) in [4.78, 5) is 24.9. The van der Waals surface area contributed by atoms with Gasteiger partial charge in [0, 0.05) is 11.3 Å². The molecule has 0 spiro atoms. The van der Waals surface area contributed by atoms with Crippen LogP contribution in [-0.4, -0.2) is 20.5 Å². The molecule has 4 rings (SSSR count). The van der Waals surface area contributed by atoms with Crippen molar-refractivity contribution in [3.8, 4) is 0 Å². The molecule has 0 atom stereocenters. The molecular formula is C24H19N3O5S. The Bertz CT molecular complexity index is 1510. The molecule has 166 valence electrons. The predicted octanol–water partition coefficient (Wildman–Crippen LogP) is 3.67. The van der Waals surface area contributed by atoms with E-state index in [9.17, 15) is 18.0 Å². The molecule has 0 saturated heterocycles. The molecule has 0 aliphatic rings. The second-order valence-corrected chi connectivity index (χ2v) is 8.89. The largest absolute Gasteiger partial charge is 0.463 e. The zero-order chi connectivity index (χ0) is 23.4. The number of rotatable bonds is 6. The van der Waals surface area contributed by atoms with Crippen LogP contribution in [0.25, 0.3) is 11.0 Å². The quantitative estimate of drug-likeness (QED) is 0.336. The van der Waals surface area contributed by atoms with Gasteiger partial charge in [-0.1, -0.05) is 29.8 Å². The smallest absolute Gasteiger partial charge is 0.271 e. The number of anilines is 1. The standard InChI is InChI=1S/C24H19N3O5S/c1-16-6-12-20(13-7-16)33(30,31)27-19-10-8-17(9-11-19)24(29)26-25-14-18-15-32-22-5-3-2-4-21(22)23(18)28/h2-15,27H,1H3,(H,26,29)/b25-14+. The van der Waals surface area contributed by atoms with Crippen LogP contribution in [0.3, 0.4) is 0 Å². The molecule has 0 aliphatic heterocycles. The van der Waals surface area contributed by atoms with E-state index in [0.29, 0.717) is 16.7 Å². The molecule has 33 heavy (non-hydrogen) atoms. The maximum absolute atomic E-state index is 12.5. The summed E-state index contributed by atoms with van der Waals surface area (Å²) < 4.78 is 32.8. The topological polar surface area (TPSA) is 118 Å². The van der Waals surface area contributed by atoms with Gasteiger partial charge < -0.3 is 4.42 Å². The fourth-order valence-electron chi connectivity index (χ4n) is 3.03. The maximum atomic E-state index is 12.5. The van der Waals surface area contributed by atoms with E-state index in [1.54, 1.807) is 36.4 Å². The number of hydrogen-bond donors (Lipinski definition) is 2. The molecular weight excluding hydrogens is 442 g/mol. The highest BCUT2D eigenvalue weighted by atomic mass is 32.2. The first-order valence-electron chi connectivity index (χ1n) is 9.87. The van der Waals surface area contributed by atoms with Crippen LogP contribution in [0.5, 0.6) is 0 Å². The van der Waals surface area contributed by atoms with Crippen molar-refractivity contribution in [2.24, 2.45) is 5.10 Å². The number of hydrogen-bond acceptors (Lipinski definition) is 6. The van der Waals surface area contributed by atoms with E-state index in [-0.39, 0.29) is 21.5 Å².